The molecule has 0 bridgehead atoms. The first-order chi connectivity index (χ1) is 18.0. The lowest BCUT2D eigenvalue weighted by Gasteiger charge is -2.33. The summed E-state index contributed by atoms with van der Waals surface area (Å²) >= 11 is 1.52. The van der Waals surface area contributed by atoms with Crippen LogP contribution in [-0.4, -0.2) is 39.2 Å². The van der Waals surface area contributed by atoms with Gasteiger partial charge in [-0.05, 0) is 66.2 Å². The van der Waals surface area contributed by atoms with Gasteiger partial charge in [0, 0.05) is 16.6 Å². The molecule has 3 aromatic rings. The molecule has 4 rings (SSSR count). The maximum atomic E-state index is 14.0. The summed E-state index contributed by atoms with van der Waals surface area (Å²) in [5.41, 5.74) is 1.25. The van der Waals surface area contributed by atoms with Crippen LogP contribution in [0.3, 0.4) is 0 Å². The standard InChI is InChI=1S/C29H34N2O5S/c1-34-23-14-12-22(13-15-23)31(27(32)19-24-10-7-17-37-24)28(29(33)30-21-8-5-4-6-9-21)20-11-16-25(35-2)26(18-20)36-3/h7,10-18,21,28H,4-6,8-9,19H2,1-3H3,(H,30,33)/t28-/m1/s1. The fraction of sp³-hybridized carbons (Fsp3) is 0.379. The predicted octanol–water partition coefficient (Wildman–Crippen LogP) is 5.54. The summed E-state index contributed by atoms with van der Waals surface area (Å²) in [5, 5.41) is 5.19. The van der Waals surface area contributed by atoms with Gasteiger partial charge in [-0.3, -0.25) is 14.5 Å². The highest BCUT2D eigenvalue weighted by atomic mass is 32.1. The second-order valence-electron chi connectivity index (χ2n) is 9.08. The molecule has 1 saturated carbocycles. The number of nitrogens with one attached hydrogen (secondary N) is 1. The van der Waals surface area contributed by atoms with Crippen LogP contribution in [0.5, 0.6) is 17.2 Å². The predicted molar refractivity (Wildman–Crippen MR) is 146 cm³/mol. The Hall–Kier alpha value is -3.52. The van der Waals surface area contributed by atoms with Crippen LogP contribution in [0.15, 0.2) is 60.0 Å². The number of anilines is 1. The van der Waals surface area contributed by atoms with Crippen molar-refractivity contribution in [1.82, 2.24) is 5.32 Å². The summed E-state index contributed by atoms with van der Waals surface area (Å²) < 4.78 is 16.3. The quantitative estimate of drug-likeness (QED) is 0.378. The molecular weight excluding hydrogens is 488 g/mol. The maximum absolute atomic E-state index is 14.0. The van der Waals surface area contributed by atoms with Crippen molar-refractivity contribution in [2.45, 2.75) is 50.6 Å². The van der Waals surface area contributed by atoms with Crippen molar-refractivity contribution in [3.8, 4) is 17.2 Å². The Morgan fingerprint density at radius 2 is 1.68 bits per heavy atom. The van der Waals surface area contributed by atoms with E-state index >= 15 is 0 Å². The van der Waals surface area contributed by atoms with Crippen molar-refractivity contribution in [2.75, 3.05) is 26.2 Å². The average Bonchev–Trinajstić information content (AvgIpc) is 3.44. The summed E-state index contributed by atoms with van der Waals surface area (Å²) in [6, 6.07) is 15.6. The van der Waals surface area contributed by atoms with E-state index in [0.717, 1.165) is 30.6 Å². The fourth-order valence-corrected chi connectivity index (χ4v) is 5.49. The SMILES string of the molecule is COc1ccc(N(C(=O)Cc2cccs2)[C@@H](C(=O)NC2CCCCC2)c2ccc(OC)c(OC)c2)cc1. The van der Waals surface area contributed by atoms with Gasteiger partial charge in [0.05, 0.1) is 27.8 Å². The summed E-state index contributed by atoms with van der Waals surface area (Å²) in [5.74, 6) is 1.33. The zero-order valence-electron chi connectivity index (χ0n) is 21.6. The zero-order chi connectivity index (χ0) is 26.2. The molecule has 196 valence electrons. The Balaban J connectivity index is 1.79. The summed E-state index contributed by atoms with van der Waals surface area (Å²) in [7, 11) is 4.72. The molecular formula is C29H34N2O5S. The normalized spacial score (nSPS) is 14.5. The topological polar surface area (TPSA) is 77.1 Å². The van der Waals surface area contributed by atoms with E-state index in [0.29, 0.717) is 28.5 Å². The third-order valence-corrected chi connectivity index (χ3v) is 7.58. The zero-order valence-corrected chi connectivity index (χ0v) is 22.4. The minimum absolute atomic E-state index is 0.0917. The Morgan fingerprint density at radius 3 is 2.30 bits per heavy atom. The Bertz CT molecular complexity index is 1170. The van der Waals surface area contributed by atoms with E-state index in [2.05, 4.69) is 5.32 Å². The number of hydrogen-bond acceptors (Lipinski definition) is 6. The molecule has 1 fully saturated rings. The maximum Gasteiger partial charge on any atom is 0.248 e. The van der Waals surface area contributed by atoms with E-state index in [4.69, 9.17) is 14.2 Å². The molecule has 2 amide bonds. The lowest BCUT2D eigenvalue weighted by Crippen LogP contribution is -2.47. The molecule has 0 spiro atoms. The summed E-state index contributed by atoms with van der Waals surface area (Å²) in [6.07, 6.45) is 5.43. The first-order valence-corrected chi connectivity index (χ1v) is 13.4. The van der Waals surface area contributed by atoms with Gasteiger partial charge in [-0.15, -0.1) is 11.3 Å². The Kier molecular flexibility index (Phi) is 9.06. The third kappa shape index (κ3) is 6.43. The third-order valence-electron chi connectivity index (χ3n) is 6.71. The highest BCUT2D eigenvalue weighted by Gasteiger charge is 2.35. The van der Waals surface area contributed by atoms with Gasteiger partial charge >= 0.3 is 0 Å². The molecule has 1 atom stereocenters. The van der Waals surface area contributed by atoms with Crippen LogP contribution in [-0.2, 0) is 16.0 Å². The number of methoxy groups -OCH3 is 3. The number of ether oxygens (including phenoxy) is 3. The number of carbonyl (C=O) groups is 2. The van der Waals surface area contributed by atoms with Gasteiger partial charge in [0.15, 0.2) is 11.5 Å². The number of nitrogens with zero attached hydrogens (tertiary/aromatic N) is 1. The number of benzene rings is 2. The van der Waals surface area contributed by atoms with Gasteiger partial charge in [0.25, 0.3) is 0 Å². The molecule has 1 N–H and O–H groups in total. The number of thiophene rings is 1. The van der Waals surface area contributed by atoms with Crippen molar-refractivity contribution in [1.29, 1.82) is 0 Å². The van der Waals surface area contributed by atoms with Crippen molar-refractivity contribution >= 4 is 28.8 Å². The summed E-state index contributed by atoms with van der Waals surface area (Å²) in [6.45, 7) is 0. The molecule has 1 aromatic heterocycles. The number of amides is 2. The molecule has 2 aromatic carbocycles. The molecule has 1 heterocycles. The van der Waals surface area contributed by atoms with Crippen LogP contribution < -0.4 is 24.4 Å². The molecule has 1 aliphatic carbocycles. The highest BCUT2D eigenvalue weighted by Crippen LogP contribution is 2.36. The van der Waals surface area contributed by atoms with Crippen LogP contribution >= 0.6 is 11.3 Å². The Morgan fingerprint density at radius 1 is 0.946 bits per heavy atom. The van der Waals surface area contributed by atoms with Crippen molar-refractivity contribution in [2.24, 2.45) is 0 Å². The van der Waals surface area contributed by atoms with Gasteiger partial charge in [-0.2, -0.15) is 0 Å². The number of rotatable bonds is 10. The second kappa shape index (κ2) is 12.6. The van der Waals surface area contributed by atoms with Crippen molar-refractivity contribution < 1.29 is 23.8 Å². The summed E-state index contributed by atoms with van der Waals surface area (Å²) in [4.78, 5) is 30.5. The first kappa shape index (κ1) is 26.5. The van der Waals surface area contributed by atoms with E-state index in [1.807, 2.05) is 35.7 Å². The van der Waals surface area contributed by atoms with E-state index in [-0.39, 0.29) is 24.3 Å². The molecule has 8 heteroatoms. The lowest BCUT2D eigenvalue weighted by molar-refractivity contribution is -0.127. The number of hydrogen-bond donors (Lipinski definition) is 1. The Labute approximate surface area is 222 Å². The second-order valence-corrected chi connectivity index (χ2v) is 10.1. The largest absolute Gasteiger partial charge is 0.497 e. The lowest BCUT2D eigenvalue weighted by atomic mass is 9.94. The molecule has 1 aliphatic rings. The van der Waals surface area contributed by atoms with Crippen LogP contribution in [0.4, 0.5) is 5.69 Å². The minimum Gasteiger partial charge on any atom is -0.497 e. The van der Waals surface area contributed by atoms with Crippen molar-refractivity contribution in [3.05, 3.63) is 70.4 Å². The van der Waals surface area contributed by atoms with Crippen LogP contribution in [0.1, 0.15) is 48.6 Å². The molecule has 0 saturated heterocycles. The van der Waals surface area contributed by atoms with E-state index in [1.165, 1.54) is 17.8 Å². The monoisotopic (exact) mass is 522 g/mol. The van der Waals surface area contributed by atoms with Gasteiger partial charge in [0.1, 0.15) is 11.8 Å². The fourth-order valence-electron chi connectivity index (χ4n) is 4.79. The molecule has 7 nitrogen and oxygen atoms in total. The van der Waals surface area contributed by atoms with E-state index < -0.39 is 6.04 Å². The van der Waals surface area contributed by atoms with Gasteiger partial charge < -0.3 is 19.5 Å². The highest BCUT2D eigenvalue weighted by molar-refractivity contribution is 7.10. The average molecular weight is 523 g/mol. The van der Waals surface area contributed by atoms with Gasteiger partial charge in [-0.25, -0.2) is 0 Å². The minimum atomic E-state index is -0.900. The van der Waals surface area contributed by atoms with Crippen LogP contribution in [0, 0.1) is 0 Å². The molecule has 37 heavy (non-hydrogen) atoms. The molecule has 0 unspecified atom stereocenters. The first-order valence-electron chi connectivity index (χ1n) is 12.5. The molecule has 0 aliphatic heterocycles. The van der Waals surface area contributed by atoms with Crippen LogP contribution in [0.25, 0.3) is 0 Å². The van der Waals surface area contributed by atoms with Crippen LogP contribution in [0.2, 0.25) is 0 Å². The van der Waals surface area contributed by atoms with Gasteiger partial charge in [0.2, 0.25) is 11.8 Å². The molecule has 0 radical (unpaired) electrons. The van der Waals surface area contributed by atoms with E-state index in [9.17, 15) is 9.59 Å². The van der Waals surface area contributed by atoms with Gasteiger partial charge in [-0.1, -0.05) is 31.4 Å². The smallest absolute Gasteiger partial charge is 0.248 e. The number of carbonyl (C=O) groups excluding carboxylic acids is 2. The van der Waals surface area contributed by atoms with E-state index in [1.54, 1.807) is 50.5 Å². The van der Waals surface area contributed by atoms with Crippen molar-refractivity contribution in [3.63, 3.8) is 0 Å².